The van der Waals surface area contributed by atoms with Gasteiger partial charge < -0.3 is 10.1 Å². The van der Waals surface area contributed by atoms with Gasteiger partial charge in [0.15, 0.2) is 0 Å². The molecule has 0 amide bonds. The van der Waals surface area contributed by atoms with Gasteiger partial charge in [0.25, 0.3) is 0 Å². The SMILES string of the molecule is CC1CC(C)(C)Nc2ccc(OC(F)(F)F)cc21. The van der Waals surface area contributed by atoms with Gasteiger partial charge in [0, 0.05) is 11.2 Å². The van der Waals surface area contributed by atoms with Gasteiger partial charge in [-0.25, -0.2) is 0 Å². The molecule has 0 spiro atoms. The molecule has 0 fully saturated rings. The molecule has 5 heteroatoms. The van der Waals surface area contributed by atoms with Crippen molar-refractivity contribution in [1.29, 1.82) is 0 Å². The lowest BCUT2D eigenvalue weighted by atomic mass is 9.82. The number of ether oxygens (including phenoxy) is 1. The smallest absolute Gasteiger partial charge is 0.406 e. The quantitative estimate of drug-likeness (QED) is 0.812. The zero-order chi connectivity index (χ0) is 13.6. The summed E-state index contributed by atoms with van der Waals surface area (Å²) in [5, 5.41) is 3.32. The first-order valence-electron chi connectivity index (χ1n) is 5.84. The summed E-state index contributed by atoms with van der Waals surface area (Å²) < 4.78 is 40.4. The Labute approximate surface area is 104 Å². The Morgan fingerprint density at radius 3 is 2.61 bits per heavy atom. The van der Waals surface area contributed by atoms with Crippen LogP contribution in [0, 0.1) is 0 Å². The second-order valence-corrected chi connectivity index (χ2v) is 5.41. The standard InChI is InChI=1S/C13H16F3NO/c1-8-7-12(2,3)17-11-5-4-9(6-10(8)11)18-13(14,15)16/h4-6,8,17H,7H2,1-3H3. The molecular formula is C13H16F3NO. The number of hydrogen-bond donors (Lipinski definition) is 1. The molecule has 100 valence electrons. The first-order valence-corrected chi connectivity index (χ1v) is 5.84. The summed E-state index contributed by atoms with van der Waals surface area (Å²) in [6.07, 6.45) is -3.77. The molecule has 2 rings (SSSR count). The van der Waals surface area contributed by atoms with Crippen molar-refractivity contribution in [2.24, 2.45) is 0 Å². The van der Waals surface area contributed by atoms with E-state index >= 15 is 0 Å². The number of alkyl halides is 3. The van der Waals surface area contributed by atoms with E-state index in [2.05, 4.69) is 23.9 Å². The van der Waals surface area contributed by atoms with Gasteiger partial charge in [-0.1, -0.05) is 6.92 Å². The fraction of sp³-hybridized carbons (Fsp3) is 0.538. The monoisotopic (exact) mass is 259 g/mol. The summed E-state index contributed by atoms with van der Waals surface area (Å²) in [4.78, 5) is 0. The molecule has 2 nitrogen and oxygen atoms in total. The molecule has 1 unspecified atom stereocenters. The van der Waals surface area contributed by atoms with Crippen LogP contribution in [0.3, 0.4) is 0 Å². The Morgan fingerprint density at radius 2 is 2.00 bits per heavy atom. The third kappa shape index (κ3) is 2.89. The molecule has 1 aromatic rings. The van der Waals surface area contributed by atoms with Gasteiger partial charge in [0.05, 0.1) is 0 Å². The van der Waals surface area contributed by atoms with E-state index < -0.39 is 6.36 Å². The molecule has 0 saturated carbocycles. The van der Waals surface area contributed by atoms with Crippen molar-refractivity contribution in [3.05, 3.63) is 23.8 Å². The van der Waals surface area contributed by atoms with Gasteiger partial charge in [0.2, 0.25) is 0 Å². The second-order valence-electron chi connectivity index (χ2n) is 5.41. The van der Waals surface area contributed by atoms with E-state index in [4.69, 9.17) is 0 Å². The average molecular weight is 259 g/mol. The van der Waals surface area contributed by atoms with Crippen LogP contribution in [0.5, 0.6) is 5.75 Å². The maximum absolute atomic E-state index is 12.2. The number of rotatable bonds is 1. The van der Waals surface area contributed by atoms with E-state index in [9.17, 15) is 13.2 Å². The maximum atomic E-state index is 12.2. The van der Waals surface area contributed by atoms with Crippen molar-refractivity contribution in [1.82, 2.24) is 0 Å². The zero-order valence-corrected chi connectivity index (χ0v) is 10.6. The first-order chi connectivity index (χ1) is 8.16. The Morgan fingerprint density at radius 1 is 1.33 bits per heavy atom. The minimum atomic E-state index is -4.64. The van der Waals surface area contributed by atoms with Crippen LogP contribution in [-0.4, -0.2) is 11.9 Å². The summed E-state index contributed by atoms with van der Waals surface area (Å²) in [6.45, 7) is 6.16. The number of anilines is 1. The molecule has 0 aromatic heterocycles. The van der Waals surface area contributed by atoms with E-state index in [1.54, 1.807) is 6.07 Å². The number of benzene rings is 1. The molecule has 1 aliphatic rings. The largest absolute Gasteiger partial charge is 0.573 e. The lowest BCUT2D eigenvalue weighted by Crippen LogP contribution is -2.36. The van der Waals surface area contributed by atoms with Gasteiger partial charge in [0.1, 0.15) is 5.75 Å². The van der Waals surface area contributed by atoms with Gasteiger partial charge in [-0.2, -0.15) is 0 Å². The third-order valence-corrected chi connectivity index (χ3v) is 3.08. The Balaban J connectivity index is 2.30. The van der Waals surface area contributed by atoms with Crippen molar-refractivity contribution in [3.63, 3.8) is 0 Å². The van der Waals surface area contributed by atoms with Crippen LogP contribution < -0.4 is 10.1 Å². The van der Waals surface area contributed by atoms with Crippen molar-refractivity contribution >= 4 is 5.69 Å². The zero-order valence-electron chi connectivity index (χ0n) is 10.6. The van der Waals surface area contributed by atoms with Gasteiger partial charge >= 0.3 is 6.36 Å². The maximum Gasteiger partial charge on any atom is 0.573 e. The van der Waals surface area contributed by atoms with Crippen molar-refractivity contribution in [2.45, 2.75) is 45.0 Å². The summed E-state index contributed by atoms with van der Waals surface area (Å²) in [5.41, 5.74) is 1.71. The predicted molar refractivity (Wildman–Crippen MR) is 63.9 cm³/mol. The molecule has 0 radical (unpaired) electrons. The molecule has 18 heavy (non-hydrogen) atoms. The van der Waals surface area contributed by atoms with E-state index in [1.165, 1.54) is 12.1 Å². The number of halogens is 3. The predicted octanol–water partition coefficient (Wildman–Crippen LogP) is 4.28. The minimum absolute atomic E-state index is 0.0428. The van der Waals surface area contributed by atoms with Crippen LogP contribution in [0.4, 0.5) is 18.9 Å². The minimum Gasteiger partial charge on any atom is -0.406 e. The highest BCUT2D eigenvalue weighted by Gasteiger charge is 2.33. The lowest BCUT2D eigenvalue weighted by Gasteiger charge is -2.37. The molecule has 1 atom stereocenters. The van der Waals surface area contributed by atoms with Gasteiger partial charge in [-0.3, -0.25) is 0 Å². The molecule has 1 heterocycles. The van der Waals surface area contributed by atoms with E-state index in [0.29, 0.717) is 0 Å². The Hall–Kier alpha value is -1.39. The fourth-order valence-electron chi connectivity index (χ4n) is 2.55. The van der Waals surface area contributed by atoms with Gasteiger partial charge in [-0.05, 0) is 49.9 Å². The van der Waals surface area contributed by atoms with Crippen LogP contribution in [-0.2, 0) is 0 Å². The van der Waals surface area contributed by atoms with Crippen LogP contribution >= 0.6 is 0 Å². The van der Waals surface area contributed by atoms with E-state index in [-0.39, 0.29) is 17.2 Å². The van der Waals surface area contributed by atoms with Crippen molar-refractivity contribution in [2.75, 3.05) is 5.32 Å². The summed E-state index contributed by atoms with van der Waals surface area (Å²) >= 11 is 0. The number of fused-ring (bicyclic) bond motifs is 1. The van der Waals surface area contributed by atoms with Crippen molar-refractivity contribution in [3.8, 4) is 5.75 Å². The fourth-order valence-corrected chi connectivity index (χ4v) is 2.55. The van der Waals surface area contributed by atoms with Crippen LogP contribution in [0.2, 0.25) is 0 Å². The second kappa shape index (κ2) is 4.07. The molecule has 0 saturated heterocycles. The first kappa shape index (κ1) is 13.1. The highest BCUT2D eigenvalue weighted by molar-refractivity contribution is 5.59. The Kier molecular flexibility index (Phi) is 2.95. The summed E-state index contributed by atoms with van der Waals surface area (Å²) in [5.74, 6) is 0.0441. The molecule has 1 aliphatic heterocycles. The topological polar surface area (TPSA) is 21.3 Å². The normalized spacial score (nSPS) is 22.0. The summed E-state index contributed by atoms with van der Waals surface area (Å²) in [7, 11) is 0. The summed E-state index contributed by atoms with van der Waals surface area (Å²) in [6, 6.07) is 4.46. The lowest BCUT2D eigenvalue weighted by molar-refractivity contribution is -0.274. The molecule has 0 bridgehead atoms. The molecule has 1 aromatic carbocycles. The Bertz CT molecular complexity index is 454. The molecular weight excluding hydrogens is 243 g/mol. The number of hydrogen-bond acceptors (Lipinski definition) is 2. The molecule has 1 N–H and O–H groups in total. The van der Waals surface area contributed by atoms with Crippen LogP contribution in [0.1, 0.15) is 38.7 Å². The number of nitrogens with one attached hydrogen (secondary N) is 1. The highest BCUT2D eigenvalue weighted by Crippen LogP contribution is 2.40. The van der Waals surface area contributed by atoms with E-state index in [0.717, 1.165) is 17.7 Å². The third-order valence-electron chi connectivity index (χ3n) is 3.08. The highest BCUT2D eigenvalue weighted by atomic mass is 19.4. The van der Waals surface area contributed by atoms with E-state index in [1.807, 2.05) is 6.92 Å². The van der Waals surface area contributed by atoms with Crippen LogP contribution in [0.25, 0.3) is 0 Å². The molecule has 0 aliphatic carbocycles. The van der Waals surface area contributed by atoms with Gasteiger partial charge in [-0.15, -0.1) is 13.2 Å². The van der Waals surface area contributed by atoms with Crippen molar-refractivity contribution < 1.29 is 17.9 Å². The van der Waals surface area contributed by atoms with Crippen LogP contribution in [0.15, 0.2) is 18.2 Å². The average Bonchev–Trinajstić information content (AvgIpc) is 2.15.